The summed E-state index contributed by atoms with van der Waals surface area (Å²) in [5.74, 6) is 2.11. The Balaban J connectivity index is 0.00000401. The van der Waals surface area contributed by atoms with Crippen molar-refractivity contribution in [2.24, 2.45) is 0 Å². The number of pyridine rings is 1. The van der Waals surface area contributed by atoms with Crippen LogP contribution in [0, 0.1) is 6.07 Å². The van der Waals surface area contributed by atoms with Crippen LogP contribution in [0.1, 0.15) is 76.0 Å². The van der Waals surface area contributed by atoms with E-state index in [-0.39, 0.29) is 26.8 Å². The third-order valence-electron chi connectivity index (χ3n) is 9.12. The molecule has 48 heavy (non-hydrogen) atoms. The number of fused-ring (bicyclic) bond motifs is 2. The first kappa shape index (κ1) is 33.4. The second-order valence-electron chi connectivity index (χ2n) is 13.3. The van der Waals surface area contributed by atoms with E-state index >= 15 is 0 Å². The van der Waals surface area contributed by atoms with Gasteiger partial charge in [-0.3, -0.25) is 9.97 Å². The number of phenolic OH excluding ortho intramolecular Hbond substituents is 1. The van der Waals surface area contributed by atoms with Gasteiger partial charge in [0.05, 0.1) is 22.6 Å². The van der Waals surface area contributed by atoms with Crippen molar-refractivity contribution < 1.29 is 26.2 Å². The zero-order valence-electron chi connectivity index (χ0n) is 28.2. The molecule has 0 aliphatic rings. The van der Waals surface area contributed by atoms with Gasteiger partial charge < -0.3 is 9.67 Å². The van der Waals surface area contributed by atoms with Crippen LogP contribution < -0.4 is 0 Å². The summed E-state index contributed by atoms with van der Waals surface area (Å²) >= 11 is 0. The molecule has 1 N–H and O–H groups in total. The fourth-order valence-electron chi connectivity index (χ4n) is 6.60. The van der Waals surface area contributed by atoms with Crippen LogP contribution in [0.2, 0.25) is 0 Å². The van der Waals surface area contributed by atoms with E-state index in [2.05, 4.69) is 131 Å². The summed E-state index contributed by atoms with van der Waals surface area (Å²) in [7, 11) is 0. The predicted molar refractivity (Wildman–Crippen MR) is 195 cm³/mol. The fourth-order valence-corrected chi connectivity index (χ4v) is 6.60. The summed E-state index contributed by atoms with van der Waals surface area (Å²) in [4.78, 5) is 10.4. The maximum Gasteiger partial charge on any atom is 0.124 e. The smallest absolute Gasteiger partial charge is 0.124 e. The van der Waals surface area contributed by atoms with Gasteiger partial charge in [0.1, 0.15) is 5.75 Å². The Morgan fingerprint density at radius 3 is 2.02 bits per heavy atom. The first-order valence-corrected chi connectivity index (χ1v) is 16.6. The zero-order valence-corrected chi connectivity index (χ0v) is 30.5. The summed E-state index contributed by atoms with van der Waals surface area (Å²) in [5, 5.41) is 13.0. The zero-order chi connectivity index (χ0) is 32.8. The summed E-state index contributed by atoms with van der Waals surface area (Å²) in [6, 6.07) is 41.1. The van der Waals surface area contributed by atoms with Crippen LogP contribution in [0.3, 0.4) is 0 Å². The number of hydrogen-bond donors (Lipinski definition) is 1. The summed E-state index contributed by atoms with van der Waals surface area (Å²) in [6.07, 6.45) is 0. The van der Waals surface area contributed by atoms with Gasteiger partial charge in [-0.1, -0.05) is 119 Å². The molecule has 5 aromatic carbocycles. The van der Waals surface area contributed by atoms with Gasteiger partial charge in [-0.15, -0.1) is 24.3 Å². The molecule has 0 bridgehead atoms. The van der Waals surface area contributed by atoms with Crippen LogP contribution in [0.5, 0.6) is 5.75 Å². The summed E-state index contributed by atoms with van der Waals surface area (Å²) < 4.78 is 2.34. The minimum atomic E-state index is 0. The molecule has 0 aliphatic carbocycles. The topological polar surface area (TPSA) is 50.9 Å². The quantitative estimate of drug-likeness (QED) is 0.163. The predicted octanol–water partition coefficient (Wildman–Crippen LogP) is 11.4. The Morgan fingerprint density at radius 1 is 0.646 bits per heavy atom. The van der Waals surface area contributed by atoms with E-state index in [1.807, 2.05) is 24.3 Å². The van der Waals surface area contributed by atoms with Gasteiger partial charge in [0.15, 0.2) is 0 Å². The molecule has 244 valence electrons. The van der Waals surface area contributed by atoms with Crippen molar-refractivity contribution in [1.82, 2.24) is 14.5 Å². The molecule has 0 spiro atoms. The molecule has 0 amide bonds. The standard InChI is InChI=1S/C43H40N3O.Pt/c1-26(2)29-21-22-35-32(23-29)25-38(44-41(35)36-15-7-10-20-40(36)47)30-13-11-14-31(24-30)43-45-37-18-8-9-19-39(37)46(43)42-33(27(3)4)16-12-17-34(42)28(5)6;/h7-23,25-28,47H,1-6H3;/q-1;. The van der Waals surface area contributed by atoms with E-state index in [1.54, 1.807) is 6.07 Å². The number of hydrogen-bond acceptors (Lipinski definition) is 3. The second-order valence-corrected chi connectivity index (χ2v) is 13.3. The molecular weight excluding hydrogens is 770 g/mol. The van der Waals surface area contributed by atoms with Crippen LogP contribution in [-0.4, -0.2) is 19.6 Å². The average Bonchev–Trinajstić information content (AvgIpc) is 3.47. The number of imidazole rings is 1. The van der Waals surface area contributed by atoms with E-state index in [0.717, 1.165) is 50.1 Å². The van der Waals surface area contributed by atoms with E-state index in [1.165, 1.54) is 22.4 Å². The van der Waals surface area contributed by atoms with Crippen molar-refractivity contribution in [1.29, 1.82) is 0 Å². The molecule has 0 fully saturated rings. The minimum absolute atomic E-state index is 0. The van der Waals surface area contributed by atoms with Crippen LogP contribution in [0.4, 0.5) is 0 Å². The van der Waals surface area contributed by atoms with Gasteiger partial charge in [-0.25, -0.2) is 0 Å². The van der Waals surface area contributed by atoms with Crippen molar-refractivity contribution in [3.8, 4) is 45.3 Å². The molecule has 2 aromatic heterocycles. The minimum Gasteiger partial charge on any atom is -0.507 e. The Hall–Kier alpha value is -4.53. The van der Waals surface area contributed by atoms with E-state index in [4.69, 9.17) is 9.97 Å². The summed E-state index contributed by atoms with van der Waals surface area (Å²) in [5.41, 5.74) is 11.1. The number of aromatic hydroxyl groups is 1. The Morgan fingerprint density at radius 2 is 1.31 bits per heavy atom. The van der Waals surface area contributed by atoms with Crippen LogP contribution >= 0.6 is 0 Å². The Bertz CT molecular complexity index is 2240. The fraction of sp³-hybridized carbons (Fsp3) is 0.209. The summed E-state index contributed by atoms with van der Waals surface area (Å²) in [6.45, 7) is 13.4. The van der Waals surface area contributed by atoms with Crippen molar-refractivity contribution >= 4 is 21.8 Å². The SMILES string of the molecule is CC(C)c1ccc2c(-c3ccccc3O)nc(-c3[c-]c(-c4nc5ccccc5n4-c4c(C(C)C)cccc4C(C)C)ccc3)cc2c1.[Pt]. The maximum absolute atomic E-state index is 10.9. The van der Waals surface area contributed by atoms with Gasteiger partial charge >= 0.3 is 0 Å². The Kier molecular flexibility index (Phi) is 9.41. The van der Waals surface area contributed by atoms with Crippen molar-refractivity contribution in [3.63, 3.8) is 0 Å². The number of nitrogens with zero attached hydrogens (tertiary/aromatic N) is 3. The first-order chi connectivity index (χ1) is 22.7. The molecule has 5 heteroatoms. The molecule has 0 unspecified atom stereocenters. The van der Waals surface area contributed by atoms with Gasteiger partial charge in [0.2, 0.25) is 0 Å². The average molecular weight is 810 g/mol. The van der Waals surface area contributed by atoms with Crippen molar-refractivity contribution in [2.45, 2.75) is 59.3 Å². The van der Waals surface area contributed by atoms with E-state index in [0.29, 0.717) is 23.3 Å². The third-order valence-corrected chi connectivity index (χ3v) is 9.12. The molecule has 0 saturated heterocycles. The van der Waals surface area contributed by atoms with E-state index in [9.17, 15) is 5.11 Å². The molecule has 4 nitrogen and oxygen atoms in total. The number of aromatic nitrogens is 3. The van der Waals surface area contributed by atoms with Gasteiger partial charge in [-0.05, 0) is 64.1 Å². The molecule has 0 saturated carbocycles. The second kappa shape index (κ2) is 13.5. The molecule has 7 aromatic rings. The first-order valence-electron chi connectivity index (χ1n) is 16.6. The number of para-hydroxylation sites is 4. The van der Waals surface area contributed by atoms with Crippen molar-refractivity contribution in [2.75, 3.05) is 0 Å². The molecular formula is C43H40N3OPt-. The Labute approximate surface area is 297 Å². The van der Waals surface area contributed by atoms with Crippen LogP contribution in [0.25, 0.3) is 61.4 Å². The third kappa shape index (κ3) is 5.99. The van der Waals surface area contributed by atoms with Gasteiger partial charge in [0, 0.05) is 43.4 Å². The number of phenols is 1. The van der Waals surface area contributed by atoms with Gasteiger partial charge in [-0.2, -0.15) is 0 Å². The number of rotatable bonds is 7. The number of benzene rings is 5. The monoisotopic (exact) mass is 809 g/mol. The van der Waals surface area contributed by atoms with Crippen LogP contribution in [0.15, 0.2) is 109 Å². The van der Waals surface area contributed by atoms with Gasteiger partial charge in [0.25, 0.3) is 0 Å². The normalized spacial score (nSPS) is 11.6. The van der Waals surface area contributed by atoms with Crippen molar-refractivity contribution in [3.05, 3.63) is 132 Å². The maximum atomic E-state index is 10.9. The van der Waals surface area contributed by atoms with E-state index < -0.39 is 0 Å². The molecule has 2 heterocycles. The molecule has 0 aliphatic heterocycles. The molecule has 0 atom stereocenters. The molecule has 0 radical (unpaired) electrons. The largest absolute Gasteiger partial charge is 0.507 e. The molecule has 7 rings (SSSR count). The van der Waals surface area contributed by atoms with Crippen LogP contribution in [-0.2, 0) is 21.1 Å².